The van der Waals surface area contributed by atoms with Crippen molar-refractivity contribution < 1.29 is 14.6 Å². The summed E-state index contributed by atoms with van der Waals surface area (Å²) in [7, 11) is 4.02. The molecule has 5 heteroatoms. The van der Waals surface area contributed by atoms with Gasteiger partial charge in [0.25, 0.3) is 0 Å². The van der Waals surface area contributed by atoms with Crippen molar-refractivity contribution in [3.05, 3.63) is 59.7 Å². The highest BCUT2D eigenvalue weighted by Crippen LogP contribution is 2.22. The van der Waals surface area contributed by atoms with Gasteiger partial charge in [0.15, 0.2) is 5.78 Å². The Labute approximate surface area is 167 Å². The molecule has 1 atom stereocenters. The number of carbonyl (C=O) groups is 1. The summed E-state index contributed by atoms with van der Waals surface area (Å²) in [4.78, 5) is 14.8. The average molecular weight is 383 g/mol. The van der Waals surface area contributed by atoms with E-state index < -0.39 is 6.10 Å². The molecule has 2 aromatic rings. The number of aliphatic hydroxyl groups excluding tert-OH is 1. The van der Waals surface area contributed by atoms with Gasteiger partial charge in [0.1, 0.15) is 18.5 Å². The van der Waals surface area contributed by atoms with Gasteiger partial charge >= 0.3 is 0 Å². The first kappa shape index (κ1) is 20.4. The highest BCUT2D eigenvalue weighted by atomic mass is 16.5. The molecule has 0 amide bonds. The number of aliphatic hydroxyl groups is 1. The number of ketones is 1. The molecule has 1 aliphatic carbocycles. The molecule has 3 rings (SSSR count). The molecule has 0 bridgehead atoms. The highest BCUT2D eigenvalue weighted by molar-refractivity contribution is 5.98. The molecule has 28 heavy (non-hydrogen) atoms. The van der Waals surface area contributed by atoms with E-state index >= 15 is 0 Å². The van der Waals surface area contributed by atoms with Gasteiger partial charge < -0.3 is 20.1 Å². The molecule has 1 fully saturated rings. The van der Waals surface area contributed by atoms with E-state index in [1.54, 1.807) is 12.1 Å². The molecule has 0 heterocycles. The summed E-state index contributed by atoms with van der Waals surface area (Å²) in [5.41, 5.74) is 2.86. The van der Waals surface area contributed by atoms with E-state index in [1.807, 2.05) is 26.2 Å². The minimum atomic E-state index is -0.584. The SMILES string of the molecule is CN(C)c1ccc(CCC(=O)c2ccccc2OCC(O)CNC2CC2)cc1. The van der Waals surface area contributed by atoms with E-state index in [2.05, 4.69) is 34.5 Å². The van der Waals surface area contributed by atoms with E-state index in [0.717, 1.165) is 11.3 Å². The van der Waals surface area contributed by atoms with Crippen molar-refractivity contribution in [2.24, 2.45) is 0 Å². The Hall–Kier alpha value is -2.37. The van der Waals surface area contributed by atoms with Crippen LogP contribution < -0.4 is 15.0 Å². The second kappa shape index (κ2) is 9.71. The van der Waals surface area contributed by atoms with Gasteiger partial charge in [0.2, 0.25) is 0 Å². The van der Waals surface area contributed by atoms with Crippen molar-refractivity contribution >= 4 is 11.5 Å². The zero-order valence-corrected chi connectivity index (χ0v) is 16.7. The van der Waals surface area contributed by atoms with Crippen molar-refractivity contribution in [3.63, 3.8) is 0 Å². The molecule has 2 aromatic carbocycles. The van der Waals surface area contributed by atoms with Crippen LogP contribution in [0.3, 0.4) is 0 Å². The first-order chi connectivity index (χ1) is 13.5. The van der Waals surface area contributed by atoms with E-state index in [0.29, 0.717) is 36.7 Å². The Bertz CT molecular complexity index is 770. The van der Waals surface area contributed by atoms with Gasteiger partial charge in [-0.25, -0.2) is 0 Å². The normalized spacial score (nSPS) is 14.5. The maximum absolute atomic E-state index is 12.7. The fourth-order valence-corrected chi connectivity index (χ4v) is 3.01. The maximum atomic E-state index is 12.7. The van der Waals surface area contributed by atoms with Crippen molar-refractivity contribution in [2.45, 2.75) is 37.8 Å². The highest BCUT2D eigenvalue weighted by Gasteiger charge is 2.21. The van der Waals surface area contributed by atoms with Crippen LogP contribution in [0.1, 0.15) is 35.2 Å². The summed E-state index contributed by atoms with van der Waals surface area (Å²) < 4.78 is 5.75. The molecule has 2 N–H and O–H groups in total. The van der Waals surface area contributed by atoms with Crippen LogP contribution in [0.5, 0.6) is 5.75 Å². The first-order valence-electron chi connectivity index (χ1n) is 9.95. The lowest BCUT2D eigenvalue weighted by atomic mass is 10.0. The summed E-state index contributed by atoms with van der Waals surface area (Å²) >= 11 is 0. The topological polar surface area (TPSA) is 61.8 Å². The molecule has 1 saturated carbocycles. The maximum Gasteiger partial charge on any atom is 0.166 e. The third-order valence-electron chi connectivity index (χ3n) is 4.93. The molecular weight excluding hydrogens is 352 g/mol. The van der Waals surface area contributed by atoms with Gasteiger partial charge in [0, 0.05) is 38.8 Å². The zero-order valence-electron chi connectivity index (χ0n) is 16.7. The Balaban J connectivity index is 1.52. The molecule has 1 aliphatic rings. The number of Topliss-reactive ketones (excluding diaryl/α,β-unsaturated/α-hetero) is 1. The van der Waals surface area contributed by atoms with Gasteiger partial charge in [-0.15, -0.1) is 0 Å². The molecule has 150 valence electrons. The Morgan fingerprint density at radius 2 is 1.89 bits per heavy atom. The van der Waals surface area contributed by atoms with Crippen LogP contribution in [0.4, 0.5) is 5.69 Å². The molecule has 1 unspecified atom stereocenters. The van der Waals surface area contributed by atoms with E-state index in [-0.39, 0.29) is 12.4 Å². The molecule has 0 spiro atoms. The van der Waals surface area contributed by atoms with Gasteiger partial charge in [-0.3, -0.25) is 4.79 Å². The van der Waals surface area contributed by atoms with Crippen molar-refractivity contribution in [1.29, 1.82) is 0 Å². The van der Waals surface area contributed by atoms with Gasteiger partial charge in [-0.1, -0.05) is 24.3 Å². The first-order valence-corrected chi connectivity index (χ1v) is 9.95. The van der Waals surface area contributed by atoms with Crippen LogP contribution in [0.25, 0.3) is 0 Å². The average Bonchev–Trinajstić information content (AvgIpc) is 3.54. The fourth-order valence-electron chi connectivity index (χ4n) is 3.01. The summed E-state index contributed by atoms with van der Waals surface area (Å²) in [5, 5.41) is 13.3. The second-order valence-corrected chi connectivity index (χ2v) is 7.63. The Morgan fingerprint density at radius 3 is 2.57 bits per heavy atom. The summed E-state index contributed by atoms with van der Waals surface area (Å²) in [5.74, 6) is 0.596. The lowest BCUT2D eigenvalue weighted by molar-refractivity contribution is 0.0949. The van der Waals surface area contributed by atoms with Gasteiger partial charge in [-0.2, -0.15) is 0 Å². The molecule has 0 radical (unpaired) electrons. The van der Waals surface area contributed by atoms with E-state index in [1.165, 1.54) is 12.8 Å². The minimum Gasteiger partial charge on any atom is -0.490 e. The number of hydrogen-bond acceptors (Lipinski definition) is 5. The minimum absolute atomic E-state index is 0.0536. The standard InChI is InChI=1S/C23H30N2O3/c1-25(2)19-12-7-17(8-13-19)9-14-22(27)21-5-3-4-6-23(21)28-16-20(26)15-24-18-10-11-18/h3-8,12-13,18,20,24,26H,9-11,14-16H2,1-2H3. The molecular formula is C23H30N2O3. The number of hydrogen-bond donors (Lipinski definition) is 2. The largest absolute Gasteiger partial charge is 0.490 e. The van der Waals surface area contributed by atoms with E-state index in [9.17, 15) is 9.90 Å². The smallest absolute Gasteiger partial charge is 0.166 e. The number of rotatable bonds is 11. The van der Waals surface area contributed by atoms with Crippen molar-refractivity contribution in [3.8, 4) is 5.75 Å². The van der Waals surface area contributed by atoms with Crippen LogP contribution in [-0.4, -0.2) is 50.3 Å². The van der Waals surface area contributed by atoms with Crippen LogP contribution in [-0.2, 0) is 6.42 Å². The van der Waals surface area contributed by atoms with Crippen LogP contribution in [0.15, 0.2) is 48.5 Å². The number of para-hydroxylation sites is 1. The summed E-state index contributed by atoms with van der Waals surface area (Å²) in [6.45, 7) is 0.694. The molecule has 0 saturated heterocycles. The molecule has 0 aliphatic heterocycles. The predicted octanol–water partition coefficient (Wildman–Crippen LogP) is 3.06. The van der Waals surface area contributed by atoms with Gasteiger partial charge in [0.05, 0.1) is 5.56 Å². The number of carbonyl (C=O) groups excluding carboxylic acids is 1. The van der Waals surface area contributed by atoms with Crippen molar-refractivity contribution in [1.82, 2.24) is 5.32 Å². The zero-order chi connectivity index (χ0) is 19.9. The Kier molecular flexibility index (Phi) is 7.06. The van der Waals surface area contributed by atoms with E-state index in [4.69, 9.17) is 4.74 Å². The lowest BCUT2D eigenvalue weighted by Crippen LogP contribution is -2.32. The lowest BCUT2D eigenvalue weighted by Gasteiger charge is -2.15. The van der Waals surface area contributed by atoms with Crippen molar-refractivity contribution in [2.75, 3.05) is 32.1 Å². The predicted molar refractivity (Wildman–Crippen MR) is 112 cm³/mol. The molecule has 0 aromatic heterocycles. The number of nitrogens with one attached hydrogen (secondary N) is 1. The van der Waals surface area contributed by atoms with Gasteiger partial charge in [-0.05, 0) is 49.1 Å². The number of nitrogens with zero attached hydrogens (tertiary/aromatic N) is 1. The number of anilines is 1. The Morgan fingerprint density at radius 1 is 1.18 bits per heavy atom. The fraction of sp³-hybridized carbons (Fsp3) is 0.435. The third kappa shape index (κ3) is 6.08. The summed E-state index contributed by atoms with van der Waals surface area (Å²) in [6.07, 6.45) is 2.90. The second-order valence-electron chi connectivity index (χ2n) is 7.63. The summed E-state index contributed by atoms with van der Waals surface area (Å²) in [6, 6.07) is 16.1. The van der Waals surface area contributed by atoms with Crippen LogP contribution in [0, 0.1) is 0 Å². The third-order valence-corrected chi connectivity index (χ3v) is 4.93. The molecule has 5 nitrogen and oxygen atoms in total. The number of benzene rings is 2. The quantitative estimate of drug-likeness (QED) is 0.585. The van der Waals surface area contributed by atoms with Crippen LogP contribution in [0.2, 0.25) is 0 Å². The monoisotopic (exact) mass is 382 g/mol. The number of ether oxygens (including phenoxy) is 1. The number of aryl methyl sites for hydroxylation is 1. The van der Waals surface area contributed by atoms with Crippen LogP contribution >= 0.6 is 0 Å².